The van der Waals surface area contributed by atoms with Crippen LogP contribution in [0.15, 0.2) is 205 Å². The van der Waals surface area contributed by atoms with Crippen LogP contribution in [-0.4, -0.2) is 0 Å². The molecule has 1 heterocycles. The highest BCUT2D eigenvalue weighted by molar-refractivity contribution is 6.30. The predicted molar refractivity (Wildman–Crippen MR) is 269 cm³/mol. The molecule has 0 aliphatic heterocycles. The van der Waals surface area contributed by atoms with Crippen molar-refractivity contribution in [2.24, 2.45) is 0 Å². The van der Waals surface area contributed by atoms with Crippen LogP contribution >= 0.6 is 0 Å². The molecule has 0 N–H and O–H groups in total. The quantitative estimate of drug-likeness (QED) is 0.161. The molecule has 64 heavy (non-hydrogen) atoms. The molecule has 0 bridgehead atoms. The van der Waals surface area contributed by atoms with Crippen LogP contribution in [0.5, 0.6) is 0 Å². The van der Waals surface area contributed by atoms with E-state index in [1.807, 2.05) is 0 Å². The summed E-state index contributed by atoms with van der Waals surface area (Å²) in [6.07, 6.45) is 0. The standard InChI is InChI=1S/C62H45NO/c1-61(2)53-24-14-12-20-45(53)47-32-30-41(34-55(47)61)63(42-31-33-48-46-21-13-15-25-54(46)62(3,4)56(48)35-42)57-37-58-52(36-51(57)40-28-26-39(27-29-40)38-16-6-5-7-17-38)59-49-22-10-8-18-43(49)44-19-9-11-23-50(44)60(59)64-58/h5-37H,1-4H3. The lowest BCUT2D eigenvalue weighted by Crippen LogP contribution is -2.18. The highest BCUT2D eigenvalue weighted by atomic mass is 16.3. The molecular formula is C62H45NO. The van der Waals surface area contributed by atoms with E-state index in [2.05, 4.69) is 233 Å². The van der Waals surface area contributed by atoms with Crippen molar-refractivity contribution in [3.63, 3.8) is 0 Å². The Hall–Kier alpha value is -7.68. The van der Waals surface area contributed by atoms with Gasteiger partial charge in [0.15, 0.2) is 0 Å². The zero-order valence-electron chi connectivity index (χ0n) is 36.4. The van der Waals surface area contributed by atoms with Gasteiger partial charge in [0.1, 0.15) is 11.2 Å². The van der Waals surface area contributed by atoms with Gasteiger partial charge in [0.25, 0.3) is 0 Å². The first-order valence-electron chi connectivity index (χ1n) is 22.5. The summed E-state index contributed by atoms with van der Waals surface area (Å²) in [5.74, 6) is 0. The molecule has 0 amide bonds. The topological polar surface area (TPSA) is 16.4 Å². The fourth-order valence-electron chi connectivity index (χ4n) is 11.4. The molecule has 0 radical (unpaired) electrons. The summed E-state index contributed by atoms with van der Waals surface area (Å²) >= 11 is 0. The first-order chi connectivity index (χ1) is 31.3. The first-order valence-corrected chi connectivity index (χ1v) is 22.5. The van der Waals surface area contributed by atoms with Crippen LogP contribution in [0.2, 0.25) is 0 Å². The lowest BCUT2D eigenvalue weighted by atomic mass is 9.82. The number of nitrogens with zero attached hydrogens (tertiary/aromatic N) is 1. The molecule has 0 atom stereocenters. The van der Waals surface area contributed by atoms with Crippen molar-refractivity contribution in [3.8, 4) is 44.5 Å². The average Bonchev–Trinajstić information content (AvgIpc) is 3.91. The van der Waals surface area contributed by atoms with Gasteiger partial charge in [-0.15, -0.1) is 0 Å². The Bertz CT molecular complexity index is 3610. The van der Waals surface area contributed by atoms with Crippen LogP contribution in [-0.2, 0) is 10.8 Å². The van der Waals surface area contributed by atoms with Crippen LogP contribution in [0, 0.1) is 0 Å². The highest BCUT2D eigenvalue weighted by Crippen LogP contribution is 2.55. The largest absolute Gasteiger partial charge is 0.455 e. The smallest absolute Gasteiger partial charge is 0.143 e. The molecule has 0 saturated carbocycles. The zero-order valence-corrected chi connectivity index (χ0v) is 36.4. The van der Waals surface area contributed by atoms with Gasteiger partial charge in [-0.2, -0.15) is 0 Å². The van der Waals surface area contributed by atoms with Gasteiger partial charge in [-0.05, 0) is 108 Å². The molecule has 2 heteroatoms. The molecule has 1 aromatic heterocycles. The van der Waals surface area contributed by atoms with Crippen LogP contribution < -0.4 is 4.90 Å². The van der Waals surface area contributed by atoms with Gasteiger partial charge in [0.2, 0.25) is 0 Å². The Labute approximate surface area is 373 Å². The van der Waals surface area contributed by atoms with Gasteiger partial charge in [0, 0.05) is 50.0 Å². The Kier molecular flexibility index (Phi) is 7.74. The number of fused-ring (bicyclic) bond motifs is 14. The molecule has 2 aliphatic carbocycles. The minimum absolute atomic E-state index is 0.171. The van der Waals surface area contributed by atoms with Crippen molar-refractivity contribution in [1.82, 2.24) is 0 Å². The van der Waals surface area contributed by atoms with E-state index in [1.54, 1.807) is 0 Å². The molecule has 0 spiro atoms. The molecule has 13 rings (SSSR count). The second-order valence-electron chi connectivity index (χ2n) is 18.8. The maximum atomic E-state index is 7.18. The Morgan fingerprint density at radius 1 is 0.344 bits per heavy atom. The van der Waals surface area contributed by atoms with Crippen molar-refractivity contribution in [1.29, 1.82) is 0 Å². The Morgan fingerprint density at radius 3 is 1.42 bits per heavy atom. The maximum absolute atomic E-state index is 7.18. The van der Waals surface area contributed by atoms with Gasteiger partial charge < -0.3 is 9.32 Å². The van der Waals surface area contributed by atoms with Gasteiger partial charge >= 0.3 is 0 Å². The summed E-state index contributed by atoms with van der Waals surface area (Å²) in [4.78, 5) is 2.50. The average molecular weight is 820 g/mol. The fraction of sp³-hybridized carbons (Fsp3) is 0.0968. The molecule has 0 fully saturated rings. The van der Waals surface area contributed by atoms with Crippen molar-refractivity contribution >= 4 is 60.5 Å². The predicted octanol–water partition coefficient (Wildman–Crippen LogP) is 17.3. The second-order valence-corrected chi connectivity index (χ2v) is 18.8. The fourth-order valence-corrected chi connectivity index (χ4v) is 11.4. The molecule has 2 nitrogen and oxygen atoms in total. The van der Waals surface area contributed by atoms with Crippen LogP contribution in [0.3, 0.4) is 0 Å². The van der Waals surface area contributed by atoms with Gasteiger partial charge in [-0.3, -0.25) is 0 Å². The van der Waals surface area contributed by atoms with E-state index >= 15 is 0 Å². The SMILES string of the molecule is CC1(C)c2ccccc2-c2ccc(N(c3ccc4c(c3)C(C)(C)c3ccccc3-4)c3cc4oc5c6ccccc6c6ccccc6c5c4cc3-c3ccc(-c4ccccc4)cc3)cc21. The van der Waals surface area contributed by atoms with E-state index in [4.69, 9.17) is 4.42 Å². The van der Waals surface area contributed by atoms with E-state index in [1.165, 1.54) is 71.8 Å². The number of hydrogen-bond acceptors (Lipinski definition) is 2. The molecule has 11 aromatic rings. The number of anilines is 3. The van der Waals surface area contributed by atoms with E-state index in [9.17, 15) is 0 Å². The monoisotopic (exact) mass is 819 g/mol. The van der Waals surface area contributed by atoms with Gasteiger partial charge in [0.05, 0.1) is 5.69 Å². The van der Waals surface area contributed by atoms with E-state index < -0.39 is 0 Å². The second kappa shape index (κ2) is 13.4. The lowest BCUT2D eigenvalue weighted by molar-refractivity contribution is 0.660. The van der Waals surface area contributed by atoms with Crippen molar-refractivity contribution in [2.45, 2.75) is 38.5 Å². The van der Waals surface area contributed by atoms with Crippen molar-refractivity contribution < 1.29 is 4.42 Å². The summed E-state index contributed by atoms with van der Waals surface area (Å²) in [5.41, 5.74) is 20.1. The van der Waals surface area contributed by atoms with Crippen molar-refractivity contribution in [2.75, 3.05) is 4.90 Å². The normalized spacial score (nSPS) is 14.2. The minimum Gasteiger partial charge on any atom is -0.455 e. The summed E-state index contributed by atoms with van der Waals surface area (Å²) < 4.78 is 7.18. The van der Waals surface area contributed by atoms with E-state index in [0.717, 1.165) is 55.5 Å². The highest BCUT2D eigenvalue weighted by Gasteiger charge is 2.38. The lowest BCUT2D eigenvalue weighted by Gasteiger charge is -2.31. The van der Waals surface area contributed by atoms with Gasteiger partial charge in [-0.25, -0.2) is 0 Å². The van der Waals surface area contributed by atoms with Crippen LogP contribution in [0.1, 0.15) is 49.9 Å². The Morgan fingerprint density at radius 2 is 0.812 bits per heavy atom. The molecule has 0 saturated heterocycles. The van der Waals surface area contributed by atoms with E-state index in [0.29, 0.717) is 0 Å². The summed E-state index contributed by atoms with van der Waals surface area (Å²) in [6, 6.07) is 74.1. The number of furan rings is 1. The molecule has 304 valence electrons. The van der Waals surface area contributed by atoms with Gasteiger partial charge in [-0.1, -0.05) is 191 Å². The molecule has 0 unspecified atom stereocenters. The van der Waals surface area contributed by atoms with Crippen molar-refractivity contribution in [3.05, 3.63) is 222 Å². The molecule has 10 aromatic carbocycles. The number of rotatable bonds is 5. The molecule has 2 aliphatic rings. The maximum Gasteiger partial charge on any atom is 0.143 e. The number of benzene rings is 10. The third kappa shape index (κ3) is 5.20. The number of hydrogen-bond donors (Lipinski definition) is 0. The van der Waals surface area contributed by atoms with Crippen LogP contribution in [0.4, 0.5) is 17.1 Å². The summed E-state index contributed by atoms with van der Waals surface area (Å²) in [7, 11) is 0. The van der Waals surface area contributed by atoms with E-state index in [-0.39, 0.29) is 10.8 Å². The summed E-state index contributed by atoms with van der Waals surface area (Å²) in [5, 5.41) is 7.02. The third-order valence-corrected chi connectivity index (χ3v) is 14.7. The third-order valence-electron chi connectivity index (χ3n) is 14.7. The first kappa shape index (κ1) is 36.9. The molecular weight excluding hydrogens is 775 g/mol. The summed E-state index contributed by atoms with van der Waals surface area (Å²) in [6.45, 7) is 9.48. The zero-order chi connectivity index (χ0) is 42.9. The van der Waals surface area contributed by atoms with Crippen LogP contribution in [0.25, 0.3) is 88.0 Å². The minimum atomic E-state index is -0.171. The Balaban J connectivity index is 1.12.